The van der Waals surface area contributed by atoms with Crippen molar-refractivity contribution in [3.05, 3.63) is 59.9 Å². The Kier molecular flexibility index (Phi) is 5.23. The summed E-state index contributed by atoms with van der Waals surface area (Å²) in [6.45, 7) is 4.20. The second kappa shape index (κ2) is 7.95. The zero-order chi connectivity index (χ0) is 18.6. The molecular weight excluding hydrogens is 334 g/mol. The third kappa shape index (κ3) is 3.61. The van der Waals surface area contributed by atoms with Crippen LogP contribution in [0.3, 0.4) is 0 Å². The van der Waals surface area contributed by atoms with Gasteiger partial charge in [0.05, 0.1) is 12.6 Å². The maximum absolute atomic E-state index is 5.58. The Morgan fingerprint density at radius 3 is 2.52 bits per heavy atom. The zero-order valence-corrected chi connectivity index (χ0v) is 16.2. The Bertz CT molecular complexity index is 916. The minimum absolute atomic E-state index is 0.542. The van der Waals surface area contributed by atoms with E-state index in [1.165, 1.54) is 5.56 Å². The van der Waals surface area contributed by atoms with Gasteiger partial charge in [0.15, 0.2) is 0 Å². The number of hydrogen-bond acceptors (Lipinski definition) is 4. The number of nitrogens with zero attached hydrogens (tertiary/aromatic N) is 3. The van der Waals surface area contributed by atoms with Gasteiger partial charge in [-0.15, -0.1) is 0 Å². The van der Waals surface area contributed by atoms with Gasteiger partial charge in [-0.1, -0.05) is 37.3 Å². The topological polar surface area (TPSA) is 38.2 Å². The number of piperidine rings is 1. The summed E-state index contributed by atoms with van der Waals surface area (Å²) in [6.07, 6.45) is 4.22. The molecule has 2 aromatic carbocycles. The van der Waals surface area contributed by atoms with E-state index in [1.54, 1.807) is 7.11 Å². The maximum Gasteiger partial charge on any atom is 0.140 e. The molecule has 3 aromatic rings. The number of ether oxygens (including phenoxy) is 1. The van der Waals surface area contributed by atoms with Crippen LogP contribution >= 0.6 is 0 Å². The van der Waals surface area contributed by atoms with Gasteiger partial charge in [0.25, 0.3) is 0 Å². The van der Waals surface area contributed by atoms with Crippen molar-refractivity contribution in [1.82, 2.24) is 9.97 Å². The molecule has 4 rings (SSSR count). The van der Waals surface area contributed by atoms with Gasteiger partial charge < -0.3 is 9.64 Å². The van der Waals surface area contributed by atoms with Crippen LogP contribution in [0.5, 0.6) is 5.75 Å². The number of aromatic nitrogens is 2. The molecule has 1 aliphatic rings. The zero-order valence-electron chi connectivity index (χ0n) is 16.2. The molecule has 0 amide bonds. The third-order valence-corrected chi connectivity index (χ3v) is 5.48. The second-order valence-corrected chi connectivity index (χ2v) is 7.23. The van der Waals surface area contributed by atoms with Crippen LogP contribution in [0.2, 0.25) is 0 Å². The van der Waals surface area contributed by atoms with Crippen molar-refractivity contribution in [3.8, 4) is 5.75 Å². The molecule has 0 radical (unpaired) electrons. The van der Waals surface area contributed by atoms with Gasteiger partial charge in [-0.2, -0.15) is 0 Å². The lowest BCUT2D eigenvalue weighted by Gasteiger charge is -2.34. The molecule has 0 bridgehead atoms. The lowest BCUT2D eigenvalue weighted by atomic mass is 9.88. The highest BCUT2D eigenvalue weighted by Gasteiger charge is 2.25. The first-order chi connectivity index (χ1) is 13.3. The highest BCUT2D eigenvalue weighted by molar-refractivity contribution is 5.89. The van der Waals surface area contributed by atoms with E-state index in [0.29, 0.717) is 5.92 Å². The van der Waals surface area contributed by atoms with Crippen molar-refractivity contribution in [3.63, 3.8) is 0 Å². The molecule has 0 atom stereocenters. The second-order valence-electron chi connectivity index (χ2n) is 7.23. The predicted molar refractivity (Wildman–Crippen MR) is 111 cm³/mol. The van der Waals surface area contributed by atoms with Crippen molar-refractivity contribution in [1.29, 1.82) is 0 Å². The Balaban J connectivity index is 1.59. The van der Waals surface area contributed by atoms with Gasteiger partial charge in [-0.25, -0.2) is 9.97 Å². The highest BCUT2D eigenvalue weighted by atomic mass is 16.5. The van der Waals surface area contributed by atoms with Crippen LogP contribution in [0.15, 0.2) is 48.5 Å². The summed E-state index contributed by atoms with van der Waals surface area (Å²) in [6, 6.07) is 16.8. The molecular formula is C23H27N3O. The number of para-hydroxylation sites is 2. The number of benzene rings is 2. The van der Waals surface area contributed by atoms with Crippen molar-refractivity contribution < 1.29 is 4.74 Å². The van der Waals surface area contributed by atoms with E-state index in [-0.39, 0.29) is 0 Å². The van der Waals surface area contributed by atoms with Crippen molar-refractivity contribution >= 4 is 16.7 Å². The largest absolute Gasteiger partial charge is 0.496 e. The standard InChI is InChI=1S/C23H27N3O/c1-3-8-22-24-20-11-6-4-10-19(20)23(25-22)26-15-13-17(14-16-26)18-9-5-7-12-21(18)27-2/h4-7,9-12,17H,3,8,13-16H2,1-2H3. The Hall–Kier alpha value is -2.62. The Morgan fingerprint density at radius 2 is 1.74 bits per heavy atom. The summed E-state index contributed by atoms with van der Waals surface area (Å²) in [5.74, 6) is 3.61. The molecule has 140 valence electrons. The fraction of sp³-hybridized carbons (Fsp3) is 0.391. The molecule has 27 heavy (non-hydrogen) atoms. The highest BCUT2D eigenvalue weighted by Crippen LogP contribution is 2.36. The molecule has 1 saturated heterocycles. The molecule has 0 spiro atoms. The molecule has 4 nitrogen and oxygen atoms in total. The Labute approximate surface area is 161 Å². The van der Waals surface area contributed by atoms with Crippen LogP contribution in [0.1, 0.15) is 43.5 Å². The first-order valence-corrected chi connectivity index (χ1v) is 9.93. The molecule has 0 N–H and O–H groups in total. The van der Waals surface area contributed by atoms with E-state index >= 15 is 0 Å². The van der Waals surface area contributed by atoms with Gasteiger partial charge in [0.2, 0.25) is 0 Å². The van der Waals surface area contributed by atoms with Gasteiger partial charge in [-0.05, 0) is 48.9 Å². The van der Waals surface area contributed by atoms with Crippen LogP contribution in [0.25, 0.3) is 10.9 Å². The van der Waals surface area contributed by atoms with Gasteiger partial charge >= 0.3 is 0 Å². The van der Waals surface area contributed by atoms with Crippen molar-refractivity contribution in [2.45, 2.75) is 38.5 Å². The quantitative estimate of drug-likeness (QED) is 0.643. The lowest BCUT2D eigenvalue weighted by Crippen LogP contribution is -2.34. The minimum atomic E-state index is 0.542. The van der Waals surface area contributed by atoms with Crippen LogP contribution in [-0.2, 0) is 6.42 Å². The first-order valence-electron chi connectivity index (χ1n) is 9.93. The molecule has 0 saturated carbocycles. The molecule has 0 unspecified atom stereocenters. The average molecular weight is 361 g/mol. The number of rotatable bonds is 5. The van der Waals surface area contributed by atoms with Gasteiger partial charge in [0.1, 0.15) is 17.4 Å². The number of aryl methyl sites for hydroxylation is 1. The normalized spacial score (nSPS) is 15.3. The molecule has 4 heteroatoms. The van der Waals surface area contributed by atoms with E-state index in [0.717, 1.165) is 67.1 Å². The van der Waals surface area contributed by atoms with Crippen molar-refractivity contribution in [2.24, 2.45) is 0 Å². The fourth-order valence-corrected chi connectivity index (χ4v) is 4.09. The fourth-order valence-electron chi connectivity index (χ4n) is 4.09. The first kappa shape index (κ1) is 17.8. The van der Waals surface area contributed by atoms with Gasteiger partial charge in [-0.3, -0.25) is 0 Å². The number of anilines is 1. The molecule has 1 fully saturated rings. The van der Waals surface area contributed by atoms with Crippen LogP contribution < -0.4 is 9.64 Å². The van der Waals surface area contributed by atoms with Gasteiger partial charge in [0, 0.05) is 24.9 Å². The van der Waals surface area contributed by atoms with E-state index in [4.69, 9.17) is 14.7 Å². The predicted octanol–water partition coefficient (Wildman–Crippen LogP) is 4.97. The molecule has 2 heterocycles. The van der Waals surface area contributed by atoms with E-state index in [2.05, 4.69) is 54.3 Å². The summed E-state index contributed by atoms with van der Waals surface area (Å²) in [4.78, 5) is 12.1. The molecule has 1 aromatic heterocycles. The van der Waals surface area contributed by atoms with Crippen LogP contribution in [-0.4, -0.2) is 30.2 Å². The molecule has 1 aliphatic heterocycles. The third-order valence-electron chi connectivity index (χ3n) is 5.48. The van der Waals surface area contributed by atoms with Crippen LogP contribution in [0.4, 0.5) is 5.82 Å². The monoisotopic (exact) mass is 361 g/mol. The summed E-state index contributed by atoms with van der Waals surface area (Å²) < 4.78 is 5.58. The summed E-state index contributed by atoms with van der Waals surface area (Å²) in [5.41, 5.74) is 2.39. The summed E-state index contributed by atoms with van der Waals surface area (Å²) in [5, 5.41) is 1.16. The van der Waals surface area contributed by atoms with Crippen LogP contribution in [0, 0.1) is 0 Å². The number of fused-ring (bicyclic) bond motifs is 1. The van der Waals surface area contributed by atoms with Crippen molar-refractivity contribution in [2.75, 3.05) is 25.1 Å². The van der Waals surface area contributed by atoms with E-state index < -0.39 is 0 Å². The maximum atomic E-state index is 5.58. The minimum Gasteiger partial charge on any atom is -0.496 e. The van der Waals surface area contributed by atoms with E-state index in [9.17, 15) is 0 Å². The number of hydrogen-bond donors (Lipinski definition) is 0. The summed E-state index contributed by atoms with van der Waals surface area (Å²) >= 11 is 0. The Morgan fingerprint density at radius 1 is 1.00 bits per heavy atom. The molecule has 0 aliphatic carbocycles. The smallest absolute Gasteiger partial charge is 0.140 e. The summed E-state index contributed by atoms with van der Waals surface area (Å²) in [7, 11) is 1.76. The van der Waals surface area contributed by atoms with E-state index in [1.807, 2.05) is 6.07 Å². The lowest BCUT2D eigenvalue weighted by molar-refractivity contribution is 0.397. The average Bonchev–Trinajstić information content (AvgIpc) is 2.73. The number of methoxy groups -OCH3 is 1. The SMILES string of the molecule is CCCc1nc(N2CCC(c3ccccc3OC)CC2)c2ccccc2n1.